The molecule has 3 rings (SSSR count). The Kier molecular flexibility index (Phi) is 6.29. The Morgan fingerprint density at radius 2 is 1.36 bits per heavy atom. The molecule has 0 fully saturated rings. The Labute approximate surface area is 168 Å². The zero-order chi connectivity index (χ0) is 19.9. The van der Waals surface area contributed by atoms with E-state index in [1.807, 2.05) is 24.3 Å². The highest BCUT2D eigenvalue weighted by molar-refractivity contribution is 6.30. The van der Waals surface area contributed by atoms with Gasteiger partial charge in [0.05, 0.1) is 0 Å². The molecule has 5 nitrogen and oxygen atoms in total. The molecule has 2 amide bonds. The number of carbonyl (C=O) groups excluding carboxylic acids is 2. The van der Waals surface area contributed by atoms with Gasteiger partial charge in [0.2, 0.25) is 5.91 Å². The van der Waals surface area contributed by atoms with Crippen LogP contribution in [0.15, 0.2) is 72.8 Å². The molecule has 0 unspecified atom stereocenters. The third-order valence-electron chi connectivity index (χ3n) is 4.10. The lowest BCUT2D eigenvalue weighted by atomic mass is 10.1. The Morgan fingerprint density at radius 3 is 1.89 bits per heavy atom. The van der Waals surface area contributed by atoms with Crippen molar-refractivity contribution in [3.05, 3.63) is 94.5 Å². The lowest BCUT2D eigenvalue weighted by Crippen LogP contribution is -2.25. The number of primary amides is 1. The number of halogens is 1. The molecule has 28 heavy (non-hydrogen) atoms. The Morgan fingerprint density at radius 1 is 0.821 bits per heavy atom. The van der Waals surface area contributed by atoms with Crippen LogP contribution in [-0.2, 0) is 6.42 Å². The molecule has 0 saturated carbocycles. The first-order valence-corrected chi connectivity index (χ1v) is 9.09. The monoisotopic (exact) mass is 394 g/mol. The third-order valence-corrected chi connectivity index (χ3v) is 4.36. The van der Waals surface area contributed by atoms with Gasteiger partial charge in [-0.25, -0.2) is 0 Å². The molecule has 0 atom stereocenters. The molecule has 0 radical (unpaired) electrons. The number of amides is 2. The van der Waals surface area contributed by atoms with Gasteiger partial charge >= 0.3 is 0 Å². The van der Waals surface area contributed by atoms with E-state index in [1.165, 1.54) is 0 Å². The highest BCUT2D eigenvalue weighted by atomic mass is 35.5. The van der Waals surface area contributed by atoms with Crippen molar-refractivity contribution in [3.63, 3.8) is 0 Å². The van der Waals surface area contributed by atoms with E-state index in [-0.39, 0.29) is 5.91 Å². The molecule has 0 heterocycles. The van der Waals surface area contributed by atoms with E-state index in [1.54, 1.807) is 48.5 Å². The van der Waals surface area contributed by atoms with Gasteiger partial charge in [-0.15, -0.1) is 0 Å². The Hall–Kier alpha value is -3.31. The number of ether oxygens (including phenoxy) is 1. The van der Waals surface area contributed by atoms with E-state index >= 15 is 0 Å². The molecule has 3 aromatic rings. The summed E-state index contributed by atoms with van der Waals surface area (Å²) in [4.78, 5) is 23.3. The van der Waals surface area contributed by atoms with Crippen LogP contribution in [0.25, 0.3) is 0 Å². The lowest BCUT2D eigenvalue weighted by Gasteiger charge is -2.08. The van der Waals surface area contributed by atoms with Gasteiger partial charge in [0, 0.05) is 22.7 Å². The molecule has 6 heteroatoms. The van der Waals surface area contributed by atoms with E-state index in [9.17, 15) is 9.59 Å². The number of nitrogens with two attached hydrogens (primary N) is 1. The number of hydrogen-bond donors (Lipinski definition) is 2. The van der Waals surface area contributed by atoms with E-state index in [2.05, 4.69) is 5.32 Å². The minimum atomic E-state index is -0.488. The van der Waals surface area contributed by atoms with Crippen LogP contribution >= 0.6 is 11.6 Å². The number of carbonyl (C=O) groups is 2. The molecular formula is C22H19ClN2O3. The van der Waals surface area contributed by atoms with Crippen LogP contribution in [0, 0.1) is 0 Å². The van der Waals surface area contributed by atoms with Crippen LogP contribution in [0.3, 0.4) is 0 Å². The quantitative estimate of drug-likeness (QED) is 0.630. The largest absolute Gasteiger partial charge is 0.457 e. The number of nitrogens with one attached hydrogen (secondary N) is 1. The summed E-state index contributed by atoms with van der Waals surface area (Å²) < 4.78 is 5.70. The van der Waals surface area contributed by atoms with Crippen molar-refractivity contribution >= 4 is 23.4 Å². The van der Waals surface area contributed by atoms with Gasteiger partial charge in [-0.05, 0) is 72.6 Å². The van der Waals surface area contributed by atoms with E-state index < -0.39 is 5.91 Å². The van der Waals surface area contributed by atoms with Gasteiger partial charge in [-0.2, -0.15) is 0 Å². The maximum Gasteiger partial charge on any atom is 0.251 e. The van der Waals surface area contributed by atoms with E-state index in [0.717, 1.165) is 12.0 Å². The summed E-state index contributed by atoms with van der Waals surface area (Å²) in [6, 6.07) is 20.9. The second kappa shape index (κ2) is 9.06. The van der Waals surface area contributed by atoms with Crippen molar-refractivity contribution in [2.45, 2.75) is 6.42 Å². The topological polar surface area (TPSA) is 81.4 Å². The molecule has 3 N–H and O–H groups in total. The summed E-state index contributed by atoms with van der Waals surface area (Å²) in [6.45, 7) is 0.533. The van der Waals surface area contributed by atoms with Crippen LogP contribution < -0.4 is 15.8 Å². The van der Waals surface area contributed by atoms with Crippen LogP contribution in [0.4, 0.5) is 0 Å². The molecule has 0 spiro atoms. The first-order chi connectivity index (χ1) is 13.5. The molecule has 3 aromatic carbocycles. The van der Waals surface area contributed by atoms with Crippen molar-refractivity contribution in [3.8, 4) is 11.5 Å². The minimum Gasteiger partial charge on any atom is -0.457 e. The van der Waals surface area contributed by atoms with Crippen molar-refractivity contribution in [1.29, 1.82) is 0 Å². The molecule has 0 saturated heterocycles. The van der Waals surface area contributed by atoms with E-state index in [4.69, 9.17) is 22.1 Å². The van der Waals surface area contributed by atoms with Crippen LogP contribution in [-0.4, -0.2) is 18.4 Å². The summed E-state index contributed by atoms with van der Waals surface area (Å²) in [5.74, 6) is 0.527. The summed E-state index contributed by atoms with van der Waals surface area (Å²) in [7, 11) is 0. The fourth-order valence-electron chi connectivity index (χ4n) is 2.57. The maximum absolute atomic E-state index is 12.2. The maximum atomic E-state index is 12.2. The average molecular weight is 395 g/mol. The van der Waals surface area contributed by atoms with Gasteiger partial charge in [-0.1, -0.05) is 23.7 Å². The first kappa shape index (κ1) is 19.5. The molecule has 0 aromatic heterocycles. The summed E-state index contributed by atoms with van der Waals surface area (Å²) in [5, 5.41) is 3.58. The van der Waals surface area contributed by atoms with Crippen molar-refractivity contribution in [2.24, 2.45) is 5.73 Å². The first-order valence-electron chi connectivity index (χ1n) is 8.72. The highest BCUT2D eigenvalue weighted by Crippen LogP contribution is 2.22. The lowest BCUT2D eigenvalue weighted by molar-refractivity contribution is 0.0952. The summed E-state index contributed by atoms with van der Waals surface area (Å²) in [5.41, 5.74) is 7.28. The SMILES string of the molecule is NC(=O)c1ccc(Oc2ccc(C(=O)NCCc3ccc(Cl)cc3)cc2)cc1. The normalized spacial score (nSPS) is 10.3. The second-order valence-electron chi connectivity index (χ2n) is 6.15. The zero-order valence-corrected chi connectivity index (χ0v) is 15.8. The number of benzene rings is 3. The second-order valence-corrected chi connectivity index (χ2v) is 6.58. The molecule has 0 aliphatic rings. The zero-order valence-electron chi connectivity index (χ0n) is 15.0. The summed E-state index contributed by atoms with van der Waals surface area (Å²) >= 11 is 5.86. The number of hydrogen-bond acceptors (Lipinski definition) is 3. The smallest absolute Gasteiger partial charge is 0.251 e. The predicted octanol–water partition coefficient (Wildman–Crippen LogP) is 4.20. The van der Waals surface area contributed by atoms with Crippen molar-refractivity contribution in [2.75, 3.05) is 6.54 Å². The van der Waals surface area contributed by atoms with Gasteiger partial charge < -0.3 is 15.8 Å². The predicted molar refractivity (Wildman–Crippen MR) is 109 cm³/mol. The van der Waals surface area contributed by atoms with E-state index in [0.29, 0.717) is 34.2 Å². The van der Waals surface area contributed by atoms with Gasteiger partial charge in [0.1, 0.15) is 11.5 Å². The molecule has 0 aliphatic heterocycles. The third kappa shape index (κ3) is 5.34. The Bertz CT molecular complexity index is 953. The minimum absolute atomic E-state index is 0.147. The molecule has 0 bridgehead atoms. The van der Waals surface area contributed by atoms with Crippen LogP contribution in [0.1, 0.15) is 26.3 Å². The average Bonchev–Trinajstić information content (AvgIpc) is 2.70. The Balaban J connectivity index is 1.52. The highest BCUT2D eigenvalue weighted by Gasteiger charge is 2.06. The van der Waals surface area contributed by atoms with Crippen molar-refractivity contribution in [1.82, 2.24) is 5.32 Å². The van der Waals surface area contributed by atoms with Crippen molar-refractivity contribution < 1.29 is 14.3 Å². The molecule has 142 valence electrons. The van der Waals surface area contributed by atoms with Gasteiger partial charge in [0.25, 0.3) is 5.91 Å². The van der Waals surface area contributed by atoms with Crippen LogP contribution in [0.5, 0.6) is 11.5 Å². The molecular weight excluding hydrogens is 376 g/mol. The fourth-order valence-corrected chi connectivity index (χ4v) is 2.70. The number of rotatable bonds is 7. The van der Waals surface area contributed by atoms with Gasteiger partial charge in [0.15, 0.2) is 0 Å². The van der Waals surface area contributed by atoms with Gasteiger partial charge in [-0.3, -0.25) is 9.59 Å². The van der Waals surface area contributed by atoms with Crippen LogP contribution in [0.2, 0.25) is 5.02 Å². The fraction of sp³-hybridized carbons (Fsp3) is 0.0909. The summed E-state index contributed by atoms with van der Waals surface area (Å²) in [6.07, 6.45) is 0.728. The molecule has 0 aliphatic carbocycles. The standard InChI is InChI=1S/C22H19ClN2O3/c23-18-7-1-15(2-8-18)13-14-25-22(27)17-5-11-20(12-6-17)28-19-9-3-16(4-10-19)21(24)26/h1-12H,13-14H2,(H2,24,26)(H,25,27).